The molecule has 1 aromatic rings. The van der Waals surface area contributed by atoms with Crippen LogP contribution in [0.3, 0.4) is 0 Å². The van der Waals surface area contributed by atoms with Gasteiger partial charge in [0.2, 0.25) is 0 Å². The molecule has 1 atom stereocenters. The zero-order chi connectivity index (χ0) is 10.6. The van der Waals surface area contributed by atoms with Crippen LogP contribution in [-0.2, 0) is 5.54 Å². The van der Waals surface area contributed by atoms with Crippen molar-refractivity contribution in [1.29, 1.82) is 5.26 Å². The molecular formula is C12H14N2. The fraction of sp³-hybridized carbons (Fsp3) is 0.250. The Kier molecular flexibility index (Phi) is 3.06. The van der Waals surface area contributed by atoms with Crippen molar-refractivity contribution in [2.75, 3.05) is 0 Å². The van der Waals surface area contributed by atoms with Crippen molar-refractivity contribution in [2.45, 2.75) is 18.9 Å². The lowest BCUT2D eigenvalue weighted by molar-refractivity contribution is 0.502. The van der Waals surface area contributed by atoms with Crippen molar-refractivity contribution in [3.63, 3.8) is 0 Å². The van der Waals surface area contributed by atoms with Crippen LogP contribution in [-0.4, -0.2) is 0 Å². The summed E-state index contributed by atoms with van der Waals surface area (Å²) in [4.78, 5) is 0. The van der Waals surface area contributed by atoms with Crippen molar-refractivity contribution in [2.24, 2.45) is 5.73 Å². The molecular weight excluding hydrogens is 172 g/mol. The molecule has 14 heavy (non-hydrogen) atoms. The van der Waals surface area contributed by atoms with Crippen LogP contribution in [0.5, 0.6) is 0 Å². The van der Waals surface area contributed by atoms with Crippen molar-refractivity contribution < 1.29 is 0 Å². The molecule has 0 fully saturated rings. The van der Waals surface area contributed by atoms with E-state index < -0.39 is 5.54 Å². The van der Waals surface area contributed by atoms with Crippen molar-refractivity contribution in [3.8, 4) is 6.07 Å². The summed E-state index contributed by atoms with van der Waals surface area (Å²) >= 11 is 0. The summed E-state index contributed by atoms with van der Waals surface area (Å²) in [6.45, 7) is 5.63. The van der Waals surface area contributed by atoms with E-state index in [1.807, 2.05) is 19.1 Å². The Morgan fingerprint density at radius 2 is 2.07 bits per heavy atom. The first kappa shape index (κ1) is 10.5. The van der Waals surface area contributed by atoms with Gasteiger partial charge in [0.1, 0.15) is 0 Å². The summed E-state index contributed by atoms with van der Waals surface area (Å²) in [5.74, 6) is 0. The maximum Gasteiger partial charge on any atom is 0.0991 e. The van der Waals surface area contributed by atoms with Crippen LogP contribution in [0.25, 0.3) is 0 Å². The Hall–Kier alpha value is -1.59. The van der Waals surface area contributed by atoms with E-state index in [0.29, 0.717) is 5.56 Å². The maximum absolute atomic E-state index is 8.64. The van der Waals surface area contributed by atoms with Gasteiger partial charge < -0.3 is 5.73 Å². The first-order chi connectivity index (χ1) is 6.60. The van der Waals surface area contributed by atoms with Gasteiger partial charge in [0.15, 0.2) is 0 Å². The van der Waals surface area contributed by atoms with Gasteiger partial charge in [0.25, 0.3) is 0 Å². The number of nitrogens with two attached hydrogens (primary N) is 1. The molecule has 0 aliphatic heterocycles. The lowest BCUT2D eigenvalue weighted by Gasteiger charge is -2.23. The largest absolute Gasteiger partial charge is 0.321 e. The van der Waals surface area contributed by atoms with Crippen LogP contribution in [0.2, 0.25) is 0 Å². The summed E-state index contributed by atoms with van der Waals surface area (Å²) in [7, 11) is 0. The zero-order valence-electron chi connectivity index (χ0n) is 8.33. The number of nitrogens with zero attached hydrogens (tertiary/aromatic N) is 1. The minimum atomic E-state index is -0.393. The van der Waals surface area contributed by atoms with Gasteiger partial charge in [-0.3, -0.25) is 0 Å². The van der Waals surface area contributed by atoms with Gasteiger partial charge >= 0.3 is 0 Å². The number of nitriles is 1. The summed E-state index contributed by atoms with van der Waals surface area (Å²) in [6, 6.07) is 9.42. The van der Waals surface area contributed by atoms with Gasteiger partial charge in [0, 0.05) is 5.54 Å². The Morgan fingerprint density at radius 3 is 2.50 bits per heavy atom. The van der Waals surface area contributed by atoms with E-state index >= 15 is 0 Å². The predicted octanol–water partition coefficient (Wildman–Crippen LogP) is 2.31. The second-order valence-electron chi connectivity index (χ2n) is 3.60. The van der Waals surface area contributed by atoms with Crippen LogP contribution in [0, 0.1) is 11.3 Å². The first-order valence-electron chi connectivity index (χ1n) is 4.50. The molecule has 1 rings (SSSR count). The Labute approximate surface area is 84.7 Å². The second kappa shape index (κ2) is 4.08. The van der Waals surface area contributed by atoms with E-state index in [1.165, 1.54) is 0 Å². The molecule has 0 bridgehead atoms. The molecule has 1 aromatic carbocycles. The molecule has 0 radical (unpaired) electrons. The monoisotopic (exact) mass is 186 g/mol. The number of hydrogen-bond donors (Lipinski definition) is 1. The number of benzene rings is 1. The van der Waals surface area contributed by atoms with Gasteiger partial charge in [-0.15, -0.1) is 6.58 Å². The maximum atomic E-state index is 8.64. The van der Waals surface area contributed by atoms with E-state index in [0.717, 1.165) is 12.0 Å². The molecule has 0 aliphatic rings. The van der Waals surface area contributed by atoms with Crippen LogP contribution in [0.4, 0.5) is 0 Å². The Morgan fingerprint density at radius 1 is 1.50 bits per heavy atom. The fourth-order valence-electron chi connectivity index (χ4n) is 1.34. The average molecular weight is 186 g/mol. The molecule has 0 saturated carbocycles. The standard InChI is InChI=1S/C12H14N2/c1-3-8-12(2,14)11-6-4-10(9-13)5-7-11/h3-7H,1,8,14H2,2H3. The molecule has 0 amide bonds. The van der Waals surface area contributed by atoms with Gasteiger partial charge in [0.05, 0.1) is 11.6 Å². The Bertz CT molecular complexity index is 355. The molecule has 0 spiro atoms. The highest BCUT2D eigenvalue weighted by Gasteiger charge is 2.18. The molecule has 2 heteroatoms. The van der Waals surface area contributed by atoms with Gasteiger partial charge in [-0.05, 0) is 31.0 Å². The van der Waals surface area contributed by atoms with Crippen molar-refractivity contribution in [1.82, 2.24) is 0 Å². The lowest BCUT2D eigenvalue weighted by atomic mass is 9.89. The van der Waals surface area contributed by atoms with Gasteiger partial charge in [-0.2, -0.15) is 5.26 Å². The second-order valence-corrected chi connectivity index (χ2v) is 3.60. The molecule has 0 aromatic heterocycles. The van der Waals surface area contributed by atoms with E-state index in [2.05, 4.69) is 12.6 Å². The number of hydrogen-bond acceptors (Lipinski definition) is 2. The van der Waals surface area contributed by atoms with Crippen LogP contribution >= 0.6 is 0 Å². The van der Waals surface area contributed by atoms with Crippen LogP contribution in [0.1, 0.15) is 24.5 Å². The highest BCUT2D eigenvalue weighted by Crippen LogP contribution is 2.21. The third-order valence-electron chi connectivity index (χ3n) is 2.24. The zero-order valence-corrected chi connectivity index (χ0v) is 8.33. The topological polar surface area (TPSA) is 49.8 Å². The SMILES string of the molecule is C=CCC(C)(N)c1ccc(C#N)cc1. The molecule has 1 unspecified atom stereocenters. The molecule has 2 N–H and O–H groups in total. The van der Waals surface area contributed by atoms with Crippen molar-refractivity contribution in [3.05, 3.63) is 48.0 Å². The number of rotatable bonds is 3. The quantitative estimate of drug-likeness (QED) is 0.736. The minimum absolute atomic E-state index is 0.393. The summed E-state index contributed by atoms with van der Waals surface area (Å²) in [6.07, 6.45) is 2.52. The van der Waals surface area contributed by atoms with E-state index in [-0.39, 0.29) is 0 Å². The summed E-state index contributed by atoms with van der Waals surface area (Å²) < 4.78 is 0. The molecule has 0 aliphatic carbocycles. The fourth-order valence-corrected chi connectivity index (χ4v) is 1.34. The van der Waals surface area contributed by atoms with E-state index in [1.54, 1.807) is 18.2 Å². The third-order valence-corrected chi connectivity index (χ3v) is 2.24. The average Bonchev–Trinajstić information content (AvgIpc) is 2.18. The summed E-state index contributed by atoms with van der Waals surface area (Å²) in [5.41, 5.74) is 7.37. The van der Waals surface area contributed by atoms with Crippen LogP contribution in [0.15, 0.2) is 36.9 Å². The molecule has 0 saturated heterocycles. The van der Waals surface area contributed by atoms with Crippen LogP contribution < -0.4 is 5.73 Å². The smallest absolute Gasteiger partial charge is 0.0991 e. The van der Waals surface area contributed by atoms with E-state index in [4.69, 9.17) is 11.0 Å². The summed E-state index contributed by atoms with van der Waals surface area (Å²) in [5, 5.41) is 8.64. The third kappa shape index (κ3) is 2.21. The normalized spacial score (nSPS) is 14.1. The lowest BCUT2D eigenvalue weighted by Crippen LogP contribution is -2.32. The molecule has 72 valence electrons. The highest BCUT2D eigenvalue weighted by molar-refractivity contribution is 5.34. The molecule has 0 heterocycles. The minimum Gasteiger partial charge on any atom is -0.321 e. The molecule has 2 nitrogen and oxygen atoms in total. The van der Waals surface area contributed by atoms with Gasteiger partial charge in [-0.1, -0.05) is 18.2 Å². The van der Waals surface area contributed by atoms with E-state index in [9.17, 15) is 0 Å². The van der Waals surface area contributed by atoms with Crippen molar-refractivity contribution >= 4 is 0 Å². The van der Waals surface area contributed by atoms with Gasteiger partial charge in [-0.25, -0.2) is 0 Å². The first-order valence-corrected chi connectivity index (χ1v) is 4.50. The Balaban J connectivity index is 2.97. The highest BCUT2D eigenvalue weighted by atomic mass is 14.7. The predicted molar refractivity (Wildman–Crippen MR) is 57.5 cm³/mol.